The molecule has 0 aliphatic rings. The van der Waals surface area contributed by atoms with Gasteiger partial charge in [0, 0.05) is 10.9 Å². The van der Waals surface area contributed by atoms with Crippen molar-refractivity contribution in [2.75, 3.05) is 12.0 Å². The summed E-state index contributed by atoms with van der Waals surface area (Å²) in [5.74, 6) is 0.884. The molecule has 4 nitrogen and oxygen atoms in total. The first kappa shape index (κ1) is 18.1. The maximum atomic E-state index is 5.58. The van der Waals surface area contributed by atoms with Gasteiger partial charge in [0.2, 0.25) is 5.13 Å². The maximum absolute atomic E-state index is 5.58. The number of nitrogens with one attached hydrogen (secondary N) is 1. The standard InChI is InChI=1S/C21H23N3OS/c1-4-11-25-19-9-6-17(7-10-19)13-22-24-21-23-20(14-26-21)18-8-5-15(2)16(3)12-18/h5-10,12-14H,4,11H2,1-3H3,(H,23,24)/b22-13-. The molecule has 0 saturated heterocycles. The Bertz CT molecular complexity index is 885. The van der Waals surface area contributed by atoms with Crippen molar-refractivity contribution in [1.29, 1.82) is 0 Å². The summed E-state index contributed by atoms with van der Waals surface area (Å²) in [5, 5.41) is 7.09. The highest BCUT2D eigenvalue weighted by molar-refractivity contribution is 7.14. The normalized spacial score (nSPS) is 11.0. The van der Waals surface area contributed by atoms with E-state index in [1.807, 2.05) is 29.6 Å². The fraction of sp³-hybridized carbons (Fsp3) is 0.238. The molecule has 0 bridgehead atoms. The number of hydrogen-bond donors (Lipinski definition) is 1. The summed E-state index contributed by atoms with van der Waals surface area (Å²) in [7, 11) is 0. The highest BCUT2D eigenvalue weighted by Crippen LogP contribution is 2.26. The molecule has 0 fully saturated rings. The van der Waals surface area contributed by atoms with Crippen LogP contribution < -0.4 is 10.2 Å². The summed E-state index contributed by atoms with van der Waals surface area (Å²) in [5.41, 5.74) is 8.67. The third-order valence-corrected chi connectivity index (χ3v) is 4.78. The van der Waals surface area contributed by atoms with Gasteiger partial charge in [0.15, 0.2) is 0 Å². The SMILES string of the molecule is CCCOc1ccc(/C=N\Nc2nc(-c3ccc(C)c(C)c3)cs2)cc1. The van der Waals surface area contributed by atoms with Crippen molar-refractivity contribution in [2.24, 2.45) is 5.10 Å². The molecule has 0 atom stereocenters. The summed E-state index contributed by atoms with van der Waals surface area (Å²) in [6, 6.07) is 14.3. The zero-order valence-electron chi connectivity index (χ0n) is 15.3. The third kappa shape index (κ3) is 4.70. The number of aromatic nitrogens is 1. The van der Waals surface area contributed by atoms with Gasteiger partial charge in [-0.1, -0.05) is 19.1 Å². The van der Waals surface area contributed by atoms with Gasteiger partial charge in [0.1, 0.15) is 5.75 Å². The van der Waals surface area contributed by atoms with Gasteiger partial charge >= 0.3 is 0 Å². The molecule has 2 aromatic carbocycles. The van der Waals surface area contributed by atoms with Crippen LogP contribution in [0.25, 0.3) is 11.3 Å². The second-order valence-electron chi connectivity index (χ2n) is 6.12. The molecule has 26 heavy (non-hydrogen) atoms. The van der Waals surface area contributed by atoms with E-state index in [9.17, 15) is 0 Å². The fourth-order valence-corrected chi connectivity index (χ4v) is 3.06. The van der Waals surface area contributed by atoms with Crippen LogP contribution in [0.5, 0.6) is 5.75 Å². The van der Waals surface area contributed by atoms with Gasteiger partial charge in [-0.15, -0.1) is 11.3 Å². The summed E-state index contributed by atoms with van der Waals surface area (Å²) < 4.78 is 5.58. The highest BCUT2D eigenvalue weighted by Gasteiger charge is 2.05. The van der Waals surface area contributed by atoms with Crippen LogP contribution in [0, 0.1) is 13.8 Å². The average Bonchev–Trinajstić information content (AvgIpc) is 3.12. The molecule has 0 amide bonds. The Morgan fingerprint density at radius 3 is 2.65 bits per heavy atom. The second kappa shape index (κ2) is 8.63. The first-order valence-electron chi connectivity index (χ1n) is 8.71. The van der Waals surface area contributed by atoms with Crippen molar-refractivity contribution in [3.05, 3.63) is 64.5 Å². The molecule has 0 unspecified atom stereocenters. The van der Waals surface area contributed by atoms with E-state index in [1.54, 1.807) is 17.6 Å². The minimum atomic E-state index is 0.738. The molecule has 3 aromatic rings. The first-order valence-corrected chi connectivity index (χ1v) is 9.59. The largest absolute Gasteiger partial charge is 0.494 e. The zero-order chi connectivity index (χ0) is 18.4. The monoisotopic (exact) mass is 365 g/mol. The molecule has 0 saturated carbocycles. The Morgan fingerprint density at radius 2 is 1.92 bits per heavy atom. The minimum Gasteiger partial charge on any atom is -0.494 e. The number of hydrazone groups is 1. The van der Waals surface area contributed by atoms with Gasteiger partial charge in [-0.3, -0.25) is 5.43 Å². The Hall–Kier alpha value is -2.66. The lowest BCUT2D eigenvalue weighted by atomic mass is 10.1. The molecule has 5 heteroatoms. The predicted molar refractivity (Wildman–Crippen MR) is 110 cm³/mol. The molecule has 1 heterocycles. The van der Waals surface area contributed by atoms with E-state index >= 15 is 0 Å². The van der Waals surface area contributed by atoms with E-state index in [0.717, 1.165) is 40.7 Å². The topological polar surface area (TPSA) is 46.5 Å². The number of ether oxygens (including phenoxy) is 1. The van der Waals surface area contributed by atoms with E-state index < -0.39 is 0 Å². The van der Waals surface area contributed by atoms with Crippen LogP contribution in [0.2, 0.25) is 0 Å². The molecule has 1 N–H and O–H groups in total. The molecule has 134 valence electrons. The lowest BCUT2D eigenvalue weighted by Gasteiger charge is -2.03. The number of thiazole rings is 1. The fourth-order valence-electron chi connectivity index (χ4n) is 2.39. The van der Waals surface area contributed by atoms with Crippen molar-refractivity contribution in [1.82, 2.24) is 4.98 Å². The van der Waals surface area contributed by atoms with E-state index in [1.165, 1.54) is 11.1 Å². The van der Waals surface area contributed by atoms with Gasteiger partial charge in [-0.05, 0) is 67.3 Å². The molecule has 0 radical (unpaired) electrons. The lowest BCUT2D eigenvalue weighted by molar-refractivity contribution is 0.317. The number of rotatable bonds is 7. The Balaban J connectivity index is 1.60. The molecule has 0 aliphatic carbocycles. The molecule has 0 aliphatic heterocycles. The van der Waals surface area contributed by atoms with Crippen molar-refractivity contribution in [2.45, 2.75) is 27.2 Å². The van der Waals surface area contributed by atoms with Gasteiger partial charge in [-0.2, -0.15) is 5.10 Å². The Labute approximate surface area is 158 Å². The molecular weight excluding hydrogens is 342 g/mol. The maximum Gasteiger partial charge on any atom is 0.203 e. The van der Waals surface area contributed by atoms with Gasteiger partial charge in [0.25, 0.3) is 0 Å². The van der Waals surface area contributed by atoms with Crippen LogP contribution in [0.3, 0.4) is 0 Å². The van der Waals surface area contributed by atoms with Crippen LogP contribution in [0.15, 0.2) is 52.9 Å². The number of benzene rings is 2. The van der Waals surface area contributed by atoms with Gasteiger partial charge in [0.05, 0.1) is 18.5 Å². The second-order valence-corrected chi connectivity index (χ2v) is 6.98. The average molecular weight is 366 g/mol. The summed E-state index contributed by atoms with van der Waals surface area (Å²) in [6.45, 7) is 7.07. The third-order valence-electron chi connectivity index (χ3n) is 4.03. The van der Waals surface area contributed by atoms with E-state index in [4.69, 9.17) is 4.74 Å². The Morgan fingerprint density at radius 1 is 1.12 bits per heavy atom. The van der Waals surface area contributed by atoms with Crippen molar-refractivity contribution in [3.63, 3.8) is 0 Å². The highest BCUT2D eigenvalue weighted by atomic mass is 32.1. The summed E-state index contributed by atoms with van der Waals surface area (Å²) >= 11 is 1.55. The Kier molecular flexibility index (Phi) is 6.02. The van der Waals surface area contributed by atoms with Gasteiger partial charge in [-0.25, -0.2) is 4.98 Å². The van der Waals surface area contributed by atoms with Gasteiger partial charge < -0.3 is 4.74 Å². The van der Waals surface area contributed by atoms with Crippen LogP contribution in [0.4, 0.5) is 5.13 Å². The number of anilines is 1. The van der Waals surface area contributed by atoms with E-state index in [0.29, 0.717) is 0 Å². The molecule has 0 spiro atoms. The van der Waals surface area contributed by atoms with Crippen molar-refractivity contribution in [3.8, 4) is 17.0 Å². The van der Waals surface area contributed by atoms with Crippen LogP contribution in [-0.2, 0) is 0 Å². The van der Waals surface area contributed by atoms with Crippen LogP contribution in [-0.4, -0.2) is 17.8 Å². The molecular formula is C21H23N3OS. The first-order chi connectivity index (χ1) is 12.7. The zero-order valence-corrected chi connectivity index (χ0v) is 16.1. The predicted octanol–water partition coefficient (Wildman–Crippen LogP) is 5.66. The van der Waals surface area contributed by atoms with Crippen molar-refractivity contribution < 1.29 is 4.74 Å². The quantitative estimate of drug-likeness (QED) is 0.434. The van der Waals surface area contributed by atoms with E-state index in [-0.39, 0.29) is 0 Å². The number of aryl methyl sites for hydroxylation is 2. The van der Waals surface area contributed by atoms with E-state index in [2.05, 4.69) is 54.5 Å². The summed E-state index contributed by atoms with van der Waals surface area (Å²) in [6.07, 6.45) is 2.78. The van der Waals surface area contributed by atoms with Crippen LogP contribution >= 0.6 is 11.3 Å². The smallest absolute Gasteiger partial charge is 0.203 e. The summed E-state index contributed by atoms with van der Waals surface area (Å²) in [4.78, 5) is 4.60. The van der Waals surface area contributed by atoms with Crippen molar-refractivity contribution >= 4 is 22.7 Å². The lowest BCUT2D eigenvalue weighted by Crippen LogP contribution is -1.95. The molecule has 3 rings (SSSR count). The minimum absolute atomic E-state index is 0.738. The number of nitrogens with zero attached hydrogens (tertiary/aromatic N) is 2. The molecule has 1 aromatic heterocycles. The number of hydrogen-bond acceptors (Lipinski definition) is 5. The van der Waals surface area contributed by atoms with Crippen LogP contribution in [0.1, 0.15) is 30.0 Å².